The van der Waals surface area contributed by atoms with Gasteiger partial charge in [-0.15, -0.1) is 0 Å². The Labute approximate surface area is 142 Å². The van der Waals surface area contributed by atoms with Crippen molar-refractivity contribution in [3.8, 4) is 0 Å². The number of aliphatic hydroxyl groups excluding tert-OH is 1. The van der Waals surface area contributed by atoms with Gasteiger partial charge in [0.25, 0.3) is 0 Å². The van der Waals surface area contributed by atoms with E-state index in [9.17, 15) is 5.11 Å². The number of aryl methyl sites for hydroxylation is 1. The minimum Gasteiger partial charge on any atom is -0.393 e. The second kappa shape index (κ2) is 6.64. The molecule has 1 aliphatic carbocycles. The molecule has 2 heterocycles. The number of hydrogen-bond donors (Lipinski definition) is 2. The van der Waals surface area contributed by atoms with Crippen molar-refractivity contribution in [2.24, 2.45) is 5.92 Å². The molecule has 2 aromatic heterocycles. The Morgan fingerprint density at radius 3 is 2.79 bits per heavy atom. The Balaban J connectivity index is 1.49. The predicted molar refractivity (Wildman–Crippen MR) is 89.4 cm³/mol. The molecule has 0 bridgehead atoms. The first-order valence-corrected chi connectivity index (χ1v) is 8.56. The van der Waals surface area contributed by atoms with Crippen LogP contribution in [0, 0.1) is 12.8 Å². The monoisotopic (exact) mass is 333 g/mol. The summed E-state index contributed by atoms with van der Waals surface area (Å²) in [6, 6.07) is 0. The van der Waals surface area contributed by atoms with Crippen LogP contribution in [0.2, 0.25) is 0 Å². The predicted octanol–water partition coefficient (Wildman–Crippen LogP) is 1.97. The lowest BCUT2D eigenvalue weighted by molar-refractivity contribution is 0.130. The number of aromatic nitrogens is 4. The molecule has 0 aromatic carbocycles. The number of nitrogens with zero attached hydrogens (tertiary/aromatic N) is 4. The van der Waals surface area contributed by atoms with E-state index in [0.29, 0.717) is 18.1 Å². The summed E-state index contributed by atoms with van der Waals surface area (Å²) in [5.74, 6) is 1.67. The summed E-state index contributed by atoms with van der Waals surface area (Å²) in [7, 11) is 0. The molecule has 7 heteroatoms. The summed E-state index contributed by atoms with van der Waals surface area (Å²) in [6.07, 6.45) is 5.20. The topological polar surface area (TPSA) is 89.0 Å². The van der Waals surface area contributed by atoms with E-state index < -0.39 is 0 Å². The molecule has 2 N–H and O–H groups in total. The zero-order valence-corrected chi connectivity index (χ0v) is 14.9. The van der Waals surface area contributed by atoms with E-state index in [1.807, 2.05) is 17.8 Å². The van der Waals surface area contributed by atoms with Gasteiger partial charge in [-0.1, -0.05) is 5.16 Å². The molecule has 0 spiro atoms. The van der Waals surface area contributed by atoms with Crippen molar-refractivity contribution in [2.75, 3.05) is 6.54 Å². The van der Waals surface area contributed by atoms with Crippen LogP contribution in [-0.4, -0.2) is 37.7 Å². The first kappa shape index (κ1) is 17.1. The van der Waals surface area contributed by atoms with Crippen LogP contribution in [0.1, 0.15) is 56.8 Å². The third-order valence-electron chi connectivity index (χ3n) is 4.61. The van der Waals surface area contributed by atoms with Crippen molar-refractivity contribution in [1.29, 1.82) is 0 Å². The Hall–Kier alpha value is -1.73. The quantitative estimate of drug-likeness (QED) is 0.870. The van der Waals surface area contributed by atoms with Gasteiger partial charge >= 0.3 is 0 Å². The molecular weight excluding hydrogens is 306 g/mol. The molecular formula is C17H27N5O2. The van der Waals surface area contributed by atoms with Crippen LogP contribution >= 0.6 is 0 Å². The summed E-state index contributed by atoms with van der Waals surface area (Å²) in [6.45, 7) is 9.73. The number of aliphatic hydroxyl groups is 1. The van der Waals surface area contributed by atoms with Crippen LogP contribution in [0.3, 0.4) is 0 Å². The van der Waals surface area contributed by atoms with Gasteiger partial charge in [0.2, 0.25) is 5.89 Å². The molecule has 24 heavy (non-hydrogen) atoms. The van der Waals surface area contributed by atoms with E-state index in [1.54, 1.807) is 0 Å². The number of hydrogen-bond acceptors (Lipinski definition) is 6. The average molecular weight is 333 g/mol. The molecule has 1 fully saturated rings. The lowest BCUT2D eigenvalue weighted by Crippen LogP contribution is -2.27. The first-order chi connectivity index (χ1) is 11.3. The smallest absolute Gasteiger partial charge is 0.229 e. The van der Waals surface area contributed by atoms with Crippen molar-refractivity contribution in [3.05, 3.63) is 29.7 Å². The minimum atomic E-state index is -0.327. The minimum absolute atomic E-state index is 0.00464. The van der Waals surface area contributed by atoms with Gasteiger partial charge in [0.05, 0.1) is 17.8 Å². The highest BCUT2D eigenvalue weighted by Crippen LogP contribution is 2.37. The summed E-state index contributed by atoms with van der Waals surface area (Å²) in [5, 5.41) is 22.0. The zero-order chi connectivity index (χ0) is 17.3. The van der Waals surface area contributed by atoms with E-state index >= 15 is 0 Å². The van der Waals surface area contributed by atoms with Gasteiger partial charge in [-0.2, -0.15) is 10.1 Å². The molecule has 0 aliphatic heterocycles. The highest BCUT2D eigenvalue weighted by Gasteiger charge is 2.36. The Bertz CT molecular complexity index is 673. The lowest BCUT2D eigenvalue weighted by Gasteiger charge is -2.18. The molecule has 0 saturated heterocycles. The molecule has 3 rings (SSSR count). The van der Waals surface area contributed by atoms with Crippen LogP contribution in [0.15, 0.2) is 16.9 Å². The Kier molecular flexibility index (Phi) is 4.73. The van der Waals surface area contributed by atoms with Crippen molar-refractivity contribution in [2.45, 2.75) is 64.6 Å². The van der Waals surface area contributed by atoms with Gasteiger partial charge in [0.15, 0.2) is 5.82 Å². The van der Waals surface area contributed by atoms with Gasteiger partial charge in [0, 0.05) is 30.8 Å². The van der Waals surface area contributed by atoms with Gasteiger partial charge < -0.3 is 14.9 Å². The van der Waals surface area contributed by atoms with Gasteiger partial charge in [0.1, 0.15) is 0 Å². The van der Waals surface area contributed by atoms with Crippen LogP contribution in [0.4, 0.5) is 0 Å². The number of nitrogens with one attached hydrogen (secondary N) is 1. The summed E-state index contributed by atoms with van der Waals surface area (Å²) in [4.78, 5) is 4.29. The largest absolute Gasteiger partial charge is 0.393 e. The normalized spacial score (nSPS) is 24.6. The molecule has 132 valence electrons. The standard InChI is InChI=1S/C17H27N5O2/c1-11-20-16(24-21-11)13-5-14(15(23)6-13)9-18-7-12-8-19-22(10-12)17(2,3)4/h8,10,13-15,18,23H,5-7,9H2,1-4H3/t13-,14+,15+/m0/s1. The van der Waals surface area contributed by atoms with E-state index in [4.69, 9.17) is 4.52 Å². The molecule has 3 atom stereocenters. The molecule has 2 aromatic rings. The maximum atomic E-state index is 10.3. The van der Waals surface area contributed by atoms with E-state index in [2.05, 4.69) is 47.5 Å². The van der Waals surface area contributed by atoms with Crippen molar-refractivity contribution < 1.29 is 9.63 Å². The van der Waals surface area contributed by atoms with Crippen LogP contribution < -0.4 is 5.32 Å². The highest BCUT2D eigenvalue weighted by molar-refractivity contribution is 5.05. The Morgan fingerprint density at radius 2 is 2.17 bits per heavy atom. The summed E-state index contributed by atoms with van der Waals surface area (Å²) >= 11 is 0. The van der Waals surface area contributed by atoms with Gasteiger partial charge in [-0.25, -0.2) is 0 Å². The SMILES string of the molecule is Cc1noc([C@H]2C[C@H](CNCc3cnn(C(C)(C)C)c3)[C@H](O)C2)n1. The second-order valence-corrected chi connectivity index (χ2v) is 7.77. The maximum Gasteiger partial charge on any atom is 0.229 e. The van der Waals surface area contributed by atoms with E-state index in [-0.39, 0.29) is 23.5 Å². The molecule has 0 radical (unpaired) electrons. The molecule has 0 unspecified atom stereocenters. The van der Waals surface area contributed by atoms with Crippen LogP contribution in [-0.2, 0) is 12.1 Å². The highest BCUT2D eigenvalue weighted by atomic mass is 16.5. The van der Waals surface area contributed by atoms with Crippen LogP contribution in [0.25, 0.3) is 0 Å². The van der Waals surface area contributed by atoms with Crippen molar-refractivity contribution in [3.63, 3.8) is 0 Å². The number of rotatable bonds is 5. The molecule has 1 saturated carbocycles. The second-order valence-electron chi connectivity index (χ2n) is 7.77. The fourth-order valence-corrected chi connectivity index (χ4v) is 3.22. The average Bonchev–Trinajstić information content (AvgIpc) is 3.19. The first-order valence-electron chi connectivity index (χ1n) is 8.56. The molecule has 7 nitrogen and oxygen atoms in total. The fourth-order valence-electron chi connectivity index (χ4n) is 3.22. The Morgan fingerprint density at radius 1 is 1.38 bits per heavy atom. The van der Waals surface area contributed by atoms with Crippen molar-refractivity contribution in [1.82, 2.24) is 25.2 Å². The maximum absolute atomic E-state index is 10.3. The summed E-state index contributed by atoms with van der Waals surface area (Å²) < 4.78 is 7.22. The van der Waals surface area contributed by atoms with Gasteiger partial charge in [-0.05, 0) is 46.5 Å². The van der Waals surface area contributed by atoms with Crippen molar-refractivity contribution >= 4 is 0 Å². The molecule has 1 aliphatic rings. The summed E-state index contributed by atoms with van der Waals surface area (Å²) in [5.41, 5.74) is 1.15. The van der Waals surface area contributed by atoms with Crippen LogP contribution in [0.5, 0.6) is 0 Å². The third kappa shape index (κ3) is 3.84. The fraction of sp³-hybridized carbons (Fsp3) is 0.706. The molecule has 0 amide bonds. The zero-order valence-electron chi connectivity index (χ0n) is 14.9. The van der Waals surface area contributed by atoms with E-state index in [1.165, 1.54) is 0 Å². The van der Waals surface area contributed by atoms with Gasteiger partial charge in [-0.3, -0.25) is 4.68 Å². The third-order valence-corrected chi connectivity index (χ3v) is 4.61. The van der Waals surface area contributed by atoms with E-state index in [0.717, 1.165) is 25.1 Å². The lowest BCUT2D eigenvalue weighted by atomic mass is 10.0.